The molecule has 2 heterocycles. The van der Waals surface area contributed by atoms with E-state index in [1.54, 1.807) is 17.0 Å². The molecule has 4 rings (SSSR count). The highest BCUT2D eigenvalue weighted by Gasteiger charge is 2.31. The molecule has 3 aromatic rings. The van der Waals surface area contributed by atoms with Crippen molar-refractivity contribution in [1.82, 2.24) is 9.21 Å². The fourth-order valence-electron chi connectivity index (χ4n) is 3.29. The summed E-state index contributed by atoms with van der Waals surface area (Å²) in [5.74, 6) is 0.523. The molecule has 2 aromatic carbocycles. The first-order valence-electron chi connectivity index (χ1n) is 9.09. The molecule has 0 N–H and O–H groups in total. The summed E-state index contributed by atoms with van der Waals surface area (Å²) in [4.78, 5) is 14.2. The van der Waals surface area contributed by atoms with E-state index in [0.29, 0.717) is 23.0 Å². The molecule has 152 valence electrons. The number of hydrogen-bond acceptors (Lipinski definition) is 5. The second-order valence-electron chi connectivity index (χ2n) is 6.61. The minimum absolute atomic E-state index is 0.0708. The zero-order valence-corrected chi connectivity index (χ0v) is 18.7. The molecule has 1 amide bonds. The van der Waals surface area contributed by atoms with Crippen molar-refractivity contribution in [2.75, 3.05) is 32.8 Å². The Morgan fingerprint density at radius 1 is 1.00 bits per heavy atom. The van der Waals surface area contributed by atoms with Gasteiger partial charge in [-0.25, -0.2) is 8.42 Å². The van der Waals surface area contributed by atoms with Gasteiger partial charge in [0.25, 0.3) is 15.9 Å². The number of piperazine rings is 1. The van der Waals surface area contributed by atoms with Gasteiger partial charge in [-0.05, 0) is 39.5 Å². The van der Waals surface area contributed by atoms with Gasteiger partial charge in [-0.3, -0.25) is 4.79 Å². The molecule has 0 bridgehead atoms. The molecule has 9 heteroatoms. The topological polar surface area (TPSA) is 66.9 Å². The van der Waals surface area contributed by atoms with Crippen LogP contribution in [0.2, 0.25) is 0 Å². The van der Waals surface area contributed by atoms with Gasteiger partial charge in [-0.2, -0.15) is 4.31 Å². The highest BCUT2D eigenvalue weighted by atomic mass is 79.9. The number of ether oxygens (including phenoxy) is 1. The number of halogens is 1. The molecule has 1 saturated heterocycles. The van der Waals surface area contributed by atoms with Gasteiger partial charge in [0, 0.05) is 31.6 Å². The van der Waals surface area contributed by atoms with Gasteiger partial charge in [-0.15, -0.1) is 11.3 Å². The molecule has 1 aliphatic heterocycles. The molecule has 0 aliphatic carbocycles. The Morgan fingerprint density at radius 2 is 1.72 bits per heavy atom. The van der Waals surface area contributed by atoms with Gasteiger partial charge in [0.1, 0.15) is 9.96 Å². The van der Waals surface area contributed by atoms with E-state index in [1.807, 2.05) is 42.5 Å². The van der Waals surface area contributed by atoms with Crippen molar-refractivity contribution in [3.63, 3.8) is 0 Å². The highest BCUT2D eigenvalue weighted by molar-refractivity contribution is 9.11. The lowest BCUT2D eigenvalue weighted by atomic mass is 10.1. The van der Waals surface area contributed by atoms with Gasteiger partial charge < -0.3 is 9.64 Å². The lowest BCUT2D eigenvalue weighted by molar-refractivity contribution is -0.134. The van der Waals surface area contributed by atoms with Gasteiger partial charge in [0.2, 0.25) is 0 Å². The molecular weight excluding hydrogens is 476 g/mol. The third-order valence-electron chi connectivity index (χ3n) is 4.83. The van der Waals surface area contributed by atoms with E-state index in [-0.39, 0.29) is 25.6 Å². The molecule has 1 fully saturated rings. The van der Waals surface area contributed by atoms with Crippen LogP contribution in [-0.2, 0) is 14.8 Å². The molecular formula is C20H19BrN2O4S2. The summed E-state index contributed by atoms with van der Waals surface area (Å²) >= 11 is 4.49. The summed E-state index contributed by atoms with van der Waals surface area (Å²) < 4.78 is 33.7. The lowest BCUT2D eigenvalue weighted by Crippen LogP contribution is -2.51. The Morgan fingerprint density at radius 3 is 2.45 bits per heavy atom. The Bertz CT molecular complexity index is 1130. The number of nitrogens with zero attached hydrogens (tertiary/aromatic N) is 2. The van der Waals surface area contributed by atoms with Gasteiger partial charge in [0.05, 0.1) is 3.79 Å². The van der Waals surface area contributed by atoms with Crippen molar-refractivity contribution in [2.45, 2.75) is 4.21 Å². The van der Waals surface area contributed by atoms with Crippen molar-refractivity contribution in [2.24, 2.45) is 0 Å². The van der Waals surface area contributed by atoms with E-state index in [2.05, 4.69) is 15.9 Å². The number of benzene rings is 2. The predicted molar refractivity (Wildman–Crippen MR) is 117 cm³/mol. The minimum Gasteiger partial charge on any atom is -0.483 e. The van der Waals surface area contributed by atoms with Gasteiger partial charge >= 0.3 is 0 Å². The van der Waals surface area contributed by atoms with Crippen LogP contribution in [-0.4, -0.2) is 56.3 Å². The van der Waals surface area contributed by atoms with Crippen LogP contribution in [0.5, 0.6) is 5.75 Å². The summed E-state index contributed by atoms with van der Waals surface area (Å²) in [5, 5.41) is 2.01. The van der Waals surface area contributed by atoms with Crippen molar-refractivity contribution in [3.8, 4) is 5.75 Å². The monoisotopic (exact) mass is 494 g/mol. The second-order valence-corrected chi connectivity index (χ2v) is 11.2. The van der Waals surface area contributed by atoms with E-state index in [4.69, 9.17) is 4.74 Å². The van der Waals surface area contributed by atoms with Crippen LogP contribution in [0.4, 0.5) is 0 Å². The third-order valence-corrected chi connectivity index (χ3v) is 8.82. The highest BCUT2D eigenvalue weighted by Crippen LogP contribution is 2.29. The zero-order valence-electron chi connectivity index (χ0n) is 15.5. The second kappa shape index (κ2) is 8.43. The van der Waals surface area contributed by atoms with Crippen molar-refractivity contribution in [1.29, 1.82) is 0 Å². The number of amides is 1. The minimum atomic E-state index is -3.52. The summed E-state index contributed by atoms with van der Waals surface area (Å²) in [6.07, 6.45) is 0. The number of thiophene rings is 1. The lowest BCUT2D eigenvalue weighted by Gasteiger charge is -2.33. The van der Waals surface area contributed by atoms with E-state index >= 15 is 0 Å². The third kappa shape index (κ3) is 4.32. The molecule has 0 radical (unpaired) electrons. The number of carbonyl (C=O) groups excluding carboxylic acids is 1. The average Bonchev–Trinajstić information content (AvgIpc) is 3.19. The number of sulfonamides is 1. The summed E-state index contributed by atoms with van der Waals surface area (Å²) in [5.41, 5.74) is 0. The van der Waals surface area contributed by atoms with Crippen molar-refractivity contribution >= 4 is 54.0 Å². The summed E-state index contributed by atoms with van der Waals surface area (Å²) in [6, 6.07) is 16.9. The summed E-state index contributed by atoms with van der Waals surface area (Å²) in [7, 11) is -3.52. The van der Waals surface area contributed by atoms with Crippen molar-refractivity contribution < 1.29 is 17.9 Å². The van der Waals surface area contributed by atoms with Crippen LogP contribution in [0.3, 0.4) is 0 Å². The van der Waals surface area contributed by atoms with E-state index in [0.717, 1.165) is 14.6 Å². The van der Waals surface area contributed by atoms with Crippen LogP contribution >= 0.6 is 27.3 Å². The molecule has 29 heavy (non-hydrogen) atoms. The summed E-state index contributed by atoms with van der Waals surface area (Å²) in [6.45, 7) is 1.18. The maximum absolute atomic E-state index is 12.7. The molecule has 0 unspecified atom stereocenters. The first-order valence-corrected chi connectivity index (χ1v) is 12.1. The van der Waals surface area contributed by atoms with Gasteiger partial charge in [-0.1, -0.05) is 36.4 Å². The largest absolute Gasteiger partial charge is 0.483 e. The molecule has 0 saturated carbocycles. The average molecular weight is 495 g/mol. The number of fused-ring (bicyclic) bond motifs is 1. The van der Waals surface area contributed by atoms with E-state index in [9.17, 15) is 13.2 Å². The van der Waals surface area contributed by atoms with Crippen LogP contribution in [0, 0.1) is 0 Å². The van der Waals surface area contributed by atoms with Crippen LogP contribution in [0.25, 0.3) is 10.8 Å². The number of rotatable bonds is 5. The maximum atomic E-state index is 12.7. The molecule has 0 spiro atoms. The predicted octanol–water partition coefficient (Wildman–Crippen LogP) is 3.58. The Hall–Kier alpha value is -1.94. The standard InChI is InChI=1S/C20H19BrN2O4S2/c21-18-8-9-20(28-18)29(25,26)23-12-10-22(11-13-23)19(24)14-27-17-7-3-5-15-4-1-2-6-16(15)17/h1-9H,10-14H2. The Labute approximate surface area is 181 Å². The Kier molecular flexibility index (Phi) is 5.91. The van der Waals surface area contributed by atoms with Crippen LogP contribution in [0.1, 0.15) is 0 Å². The van der Waals surface area contributed by atoms with Crippen LogP contribution in [0.15, 0.2) is 62.6 Å². The SMILES string of the molecule is O=C(COc1cccc2ccccc12)N1CCN(S(=O)(=O)c2ccc(Br)s2)CC1. The van der Waals surface area contributed by atoms with Crippen molar-refractivity contribution in [3.05, 3.63) is 58.4 Å². The first-order chi connectivity index (χ1) is 13.9. The maximum Gasteiger partial charge on any atom is 0.260 e. The van der Waals surface area contributed by atoms with E-state index < -0.39 is 10.0 Å². The fraction of sp³-hybridized carbons (Fsp3) is 0.250. The molecule has 1 aromatic heterocycles. The van der Waals surface area contributed by atoms with Crippen LogP contribution < -0.4 is 4.74 Å². The zero-order chi connectivity index (χ0) is 20.4. The van der Waals surface area contributed by atoms with Gasteiger partial charge in [0.15, 0.2) is 6.61 Å². The smallest absolute Gasteiger partial charge is 0.260 e. The Balaban J connectivity index is 1.36. The van der Waals surface area contributed by atoms with E-state index in [1.165, 1.54) is 15.6 Å². The molecule has 6 nitrogen and oxygen atoms in total. The normalized spacial score (nSPS) is 15.6. The fourth-order valence-corrected chi connectivity index (χ4v) is 6.88. The number of carbonyl (C=O) groups is 1. The molecule has 1 aliphatic rings. The molecule has 0 atom stereocenters. The number of hydrogen-bond donors (Lipinski definition) is 0. The quantitative estimate of drug-likeness (QED) is 0.543. The first kappa shape index (κ1) is 20.3.